The number of hydrogen-bond donors (Lipinski definition) is 2. The Morgan fingerprint density at radius 1 is 1.32 bits per heavy atom. The molecule has 0 radical (unpaired) electrons. The molecule has 8 heteroatoms. The summed E-state index contributed by atoms with van der Waals surface area (Å²) in [5.74, 6) is -1.22. The molecule has 0 fully saturated rings. The summed E-state index contributed by atoms with van der Waals surface area (Å²) in [5.41, 5.74) is 0.294. The standard InChI is InChI=1S/C14H13F3N2O2S/c15-14(16,17)8-19-7-6-10(20)11(13(19)21)12(22)18-9-4-2-1-3-5-9/h1-5,20H,6-8H2,(H,18,22). The van der Waals surface area contributed by atoms with Gasteiger partial charge in [0, 0.05) is 18.7 Å². The van der Waals surface area contributed by atoms with E-state index in [0.717, 1.165) is 0 Å². The van der Waals surface area contributed by atoms with Gasteiger partial charge in [0.25, 0.3) is 5.91 Å². The number of alkyl halides is 3. The number of benzene rings is 1. The van der Waals surface area contributed by atoms with Crippen molar-refractivity contribution in [2.45, 2.75) is 12.6 Å². The van der Waals surface area contributed by atoms with Gasteiger partial charge in [0.2, 0.25) is 0 Å². The minimum absolute atomic E-state index is 0.0617. The summed E-state index contributed by atoms with van der Waals surface area (Å²) >= 11 is 5.05. The van der Waals surface area contributed by atoms with Crippen LogP contribution in [0.3, 0.4) is 0 Å². The molecule has 1 aliphatic rings. The van der Waals surface area contributed by atoms with Crippen molar-refractivity contribution < 1.29 is 23.1 Å². The third-order valence-corrected chi connectivity index (χ3v) is 3.34. The highest BCUT2D eigenvalue weighted by Crippen LogP contribution is 2.24. The molecular weight excluding hydrogens is 317 g/mol. The predicted molar refractivity (Wildman–Crippen MR) is 79.6 cm³/mol. The normalized spacial score (nSPS) is 16.0. The molecule has 4 nitrogen and oxygen atoms in total. The Morgan fingerprint density at radius 3 is 2.55 bits per heavy atom. The van der Waals surface area contributed by atoms with E-state index in [0.29, 0.717) is 10.6 Å². The molecule has 0 aliphatic carbocycles. The fraction of sp³-hybridized carbons (Fsp3) is 0.286. The maximum Gasteiger partial charge on any atom is 0.406 e. The van der Waals surface area contributed by atoms with Gasteiger partial charge in [-0.25, -0.2) is 0 Å². The average Bonchev–Trinajstić information content (AvgIpc) is 2.42. The first-order valence-electron chi connectivity index (χ1n) is 6.42. The van der Waals surface area contributed by atoms with E-state index in [1.807, 2.05) is 0 Å². The number of hydrogen-bond acceptors (Lipinski definition) is 3. The Hall–Kier alpha value is -2.09. The second-order valence-electron chi connectivity index (χ2n) is 4.73. The number of anilines is 1. The van der Waals surface area contributed by atoms with E-state index in [4.69, 9.17) is 12.2 Å². The van der Waals surface area contributed by atoms with E-state index < -0.39 is 18.6 Å². The first-order valence-corrected chi connectivity index (χ1v) is 6.83. The second kappa shape index (κ2) is 6.35. The number of aliphatic hydroxyl groups is 1. The van der Waals surface area contributed by atoms with Crippen LogP contribution in [0.4, 0.5) is 18.9 Å². The van der Waals surface area contributed by atoms with Crippen molar-refractivity contribution in [2.75, 3.05) is 18.4 Å². The van der Waals surface area contributed by atoms with E-state index in [2.05, 4.69) is 5.32 Å². The molecular formula is C14H13F3N2O2S. The van der Waals surface area contributed by atoms with Crippen LogP contribution in [0.5, 0.6) is 0 Å². The lowest BCUT2D eigenvalue weighted by atomic mass is 10.1. The van der Waals surface area contributed by atoms with E-state index in [-0.39, 0.29) is 29.3 Å². The lowest BCUT2D eigenvalue weighted by molar-refractivity contribution is -0.159. The van der Waals surface area contributed by atoms with Crippen LogP contribution in [0, 0.1) is 0 Å². The molecule has 0 aromatic heterocycles. The molecule has 0 spiro atoms. The summed E-state index contributed by atoms with van der Waals surface area (Å²) in [7, 11) is 0. The highest BCUT2D eigenvalue weighted by Gasteiger charge is 2.37. The summed E-state index contributed by atoms with van der Waals surface area (Å²) in [6.07, 6.45) is -4.56. The highest BCUT2D eigenvalue weighted by atomic mass is 32.1. The number of carbonyl (C=O) groups is 1. The number of nitrogens with zero attached hydrogens (tertiary/aromatic N) is 1. The van der Waals surface area contributed by atoms with Crippen molar-refractivity contribution in [3.63, 3.8) is 0 Å². The van der Waals surface area contributed by atoms with Crippen LogP contribution in [0.15, 0.2) is 41.7 Å². The first kappa shape index (κ1) is 16.3. The minimum atomic E-state index is -4.50. The number of carbonyl (C=O) groups excluding carboxylic acids is 1. The largest absolute Gasteiger partial charge is 0.511 e. The highest BCUT2D eigenvalue weighted by molar-refractivity contribution is 7.81. The number of para-hydroxylation sites is 1. The topological polar surface area (TPSA) is 52.6 Å². The Balaban J connectivity index is 2.17. The monoisotopic (exact) mass is 330 g/mol. The molecule has 2 N–H and O–H groups in total. The fourth-order valence-corrected chi connectivity index (χ4v) is 2.38. The fourth-order valence-electron chi connectivity index (χ4n) is 2.06. The zero-order valence-electron chi connectivity index (χ0n) is 11.4. The summed E-state index contributed by atoms with van der Waals surface area (Å²) in [5, 5.41) is 12.6. The van der Waals surface area contributed by atoms with Crippen LogP contribution < -0.4 is 5.32 Å². The van der Waals surface area contributed by atoms with Gasteiger partial charge in [0.05, 0.1) is 0 Å². The third kappa shape index (κ3) is 3.97. The van der Waals surface area contributed by atoms with Gasteiger partial charge < -0.3 is 15.3 Å². The van der Waals surface area contributed by atoms with Gasteiger partial charge in [-0.15, -0.1) is 0 Å². The van der Waals surface area contributed by atoms with Gasteiger partial charge in [-0.1, -0.05) is 30.4 Å². The lowest BCUT2D eigenvalue weighted by Gasteiger charge is -2.29. The Kier molecular flexibility index (Phi) is 4.70. The molecule has 0 saturated heterocycles. The zero-order valence-corrected chi connectivity index (χ0v) is 12.2. The molecule has 0 bridgehead atoms. The molecule has 0 atom stereocenters. The van der Waals surface area contributed by atoms with Crippen LogP contribution in [0.25, 0.3) is 0 Å². The first-order chi connectivity index (χ1) is 10.3. The van der Waals surface area contributed by atoms with Crippen LogP contribution in [0.1, 0.15) is 6.42 Å². The SMILES string of the molecule is O=C1C(C(=S)Nc2ccccc2)=C(O)CCN1CC(F)(F)F. The van der Waals surface area contributed by atoms with Gasteiger partial charge in [0.15, 0.2) is 0 Å². The van der Waals surface area contributed by atoms with E-state index in [9.17, 15) is 23.1 Å². The molecule has 1 aromatic carbocycles. The lowest BCUT2D eigenvalue weighted by Crippen LogP contribution is -2.45. The third-order valence-electron chi connectivity index (χ3n) is 3.04. The van der Waals surface area contributed by atoms with Gasteiger partial charge in [-0.2, -0.15) is 13.2 Å². The second-order valence-corrected chi connectivity index (χ2v) is 5.14. The average molecular weight is 330 g/mol. The van der Waals surface area contributed by atoms with Crippen LogP contribution in [-0.4, -0.2) is 40.2 Å². The van der Waals surface area contributed by atoms with Crippen molar-refractivity contribution in [2.24, 2.45) is 0 Å². The van der Waals surface area contributed by atoms with E-state index in [1.54, 1.807) is 30.3 Å². The molecule has 0 saturated carbocycles. The Labute approximate surface area is 130 Å². The molecule has 1 heterocycles. The number of amides is 1. The van der Waals surface area contributed by atoms with Crippen LogP contribution >= 0.6 is 12.2 Å². The van der Waals surface area contributed by atoms with Gasteiger partial charge in [-0.05, 0) is 12.1 Å². The number of nitrogens with one attached hydrogen (secondary N) is 1. The minimum Gasteiger partial charge on any atom is -0.511 e. The Morgan fingerprint density at radius 2 is 1.95 bits per heavy atom. The summed E-state index contributed by atoms with van der Waals surface area (Å²) in [4.78, 5) is 12.7. The van der Waals surface area contributed by atoms with E-state index in [1.165, 1.54) is 0 Å². The molecule has 22 heavy (non-hydrogen) atoms. The van der Waals surface area contributed by atoms with Crippen molar-refractivity contribution in [3.05, 3.63) is 41.7 Å². The quantitative estimate of drug-likeness (QED) is 0.837. The van der Waals surface area contributed by atoms with Gasteiger partial charge in [0.1, 0.15) is 22.9 Å². The van der Waals surface area contributed by atoms with Crippen LogP contribution in [0.2, 0.25) is 0 Å². The smallest absolute Gasteiger partial charge is 0.406 e. The van der Waals surface area contributed by atoms with Crippen molar-refractivity contribution >= 4 is 28.8 Å². The zero-order chi connectivity index (χ0) is 16.3. The number of rotatable bonds is 3. The predicted octanol–water partition coefficient (Wildman–Crippen LogP) is 3.03. The molecule has 2 rings (SSSR count). The molecule has 1 amide bonds. The summed E-state index contributed by atoms with van der Waals surface area (Å²) in [6, 6.07) is 8.62. The number of aliphatic hydroxyl groups excluding tert-OH is 1. The maximum atomic E-state index is 12.5. The van der Waals surface area contributed by atoms with E-state index >= 15 is 0 Å². The molecule has 0 unspecified atom stereocenters. The van der Waals surface area contributed by atoms with Crippen LogP contribution in [-0.2, 0) is 4.79 Å². The Bertz CT molecular complexity index is 614. The van der Waals surface area contributed by atoms with Crippen molar-refractivity contribution in [3.8, 4) is 0 Å². The summed E-state index contributed by atoms with van der Waals surface area (Å²) < 4.78 is 37.4. The number of halogens is 3. The van der Waals surface area contributed by atoms with Crippen molar-refractivity contribution in [1.29, 1.82) is 0 Å². The molecule has 1 aromatic rings. The number of thiocarbonyl (C=S) groups is 1. The summed E-state index contributed by atoms with van der Waals surface area (Å²) in [6.45, 7) is -1.56. The van der Waals surface area contributed by atoms with Gasteiger partial charge >= 0.3 is 6.18 Å². The van der Waals surface area contributed by atoms with Crippen molar-refractivity contribution in [1.82, 2.24) is 4.90 Å². The maximum absolute atomic E-state index is 12.5. The molecule has 118 valence electrons. The molecule has 1 aliphatic heterocycles. The van der Waals surface area contributed by atoms with Gasteiger partial charge in [-0.3, -0.25) is 4.79 Å².